The minimum Gasteiger partial charge on any atom is -0.480 e. The number of carboxylic acids is 1. The van der Waals surface area contributed by atoms with E-state index in [0.717, 1.165) is 0 Å². The molecule has 0 bridgehead atoms. The molecule has 0 unspecified atom stereocenters. The summed E-state index contributed by atoms with van der Waals surface area (Å²) in [5, 5.41) is 15.0. The molecule has 0 saturated carbocycles. The van der Waals surface area contributed by atoms with Gasteiger partial charge in [-0.2, -0.15) is 0 Å². The van der Waals surface area contributed by atoms with Gasteiger partial charge in [-0.15, -0.1) is 39.5 Å². The third-order valence-corrected chi connectivity index (χ3v) is 0.135. The average Bonchev–Trinajstić information content (AvgIpc) is 2.15. The molecule has 2 N–H and O–H groups in total. The van der Waals surface area contributed by atoms with E-state index in [0.29, 0.717) is 0 Å². The Morgan fingerprint density at radius 3 is 1.08 bits per heavy atom. The number of aliphatic hydroxyl groups excluding tert-OH is 1. The van der Waals surface area contributed by atoms with Gasteiger partial charge in [-0.25, -0.2) is 4.79 Å². The Hall–Kier alpha value is -0.350. The molecular weight excluding hydrogens is 167 g/mol. The molecule has 0 atom stereocenters. The van der Waals surface area contributed by atoms with Gasteiger partial charge in [0.1, 0.15) is 6.61 Å². The molecule has 0 aliphatic heterocycles. The SMILES string of the molecule is C=C.C=C.C=C.O=C(O)CO.[Na]. The van der Waals surface area contributed by atoms with Crippen molar-refractivity contribution in [1.29, 1.82) is 0 Å². The largest absolute Gasteiger partial charge is 0.480 e. The molecule has 0 aromatic carbocycles. The van der Waals surface area contributed by atoms with E-state index in [-0.39, 0.29) is 29.6 Å². The maximum atomic E-state index is 9.12. The van der Waals surface area contributed by atoms with Gasteiger partial charge in [-0.05, 0) is 0 Å². The van der Waals surface area contributed by atoms with Gasteiger partial charge < -0.3 is 10.2 Å². The van der Waals surface area contributed by atoms with Gasteiger partial charge in [0.05, 0.1) is 0 Å². The predicted molar refractivity (Wildman–Crippen MR) is 54.2 cm³/mol. The van der Waals surface area contributed by atoms with Crippen LogP contribution < -0.4 is 0 Å². The maximum absolute atomic E-state index is 9.12. The van der Waals surface area contributed by atoms with Crippen molar-refractivity contribution < 1.29 is 15.0 Å². The fourth-order valence-electron chi connectivity index (χ4n) is 0. The van der Waals surface area contributed by atoms with Crippen molar-refractivity contribution in [2.75, 3.05) is 6.61 Å². The quantitative estimate of drug-likeness (QED) is 0.472. The van der Waals surface area contributed by atoms with Crippen LogP contribution in [0.5, 0.6) is 0 Å². The van der Waals surface area contributed by atoms with Crippen LogP contribution in [0.25, 0.3) is 0 Å². The first-order valence-electron chi connectivity index (χ1n) is 2.60. The summed E-state index contributed by atoms with van der Waals surface area (Å²) in [6.45, 7) is 17.2. The molecular formula is C8H16NaO3. The third kappa shape index (κ3) is 265. The van der Waals surface area contributed by atoms with Crippen molar-refractivity contribution in [3.63, 3.8) is 0 Å². The summed E-state index contributed by atoms with van der Waals surface area (Å²) in [5.74, 6) is -1.19. The molecule has 0 aliphatic rings. The number of hydrogen-bond donors (Lipinski definition) is 2. The second kappa shape index (κ2) is 74.4. The van der Waals surface area contributed by atoms with E-state index in [1.807, 2.05) is 0 Å². The molecule has 0 fully saturated rings. The molecule has 0 aromatic rings. The molecule has 0 saturated heterocycles. The topological polar surface area (TPSA) is 57.5 Å². The Kier molecular flexibility index (Phi) is 185. The Balaban J connectivity index is -0.0000000203. The number of carbonyl (C=O) groups is 1. The van der Waals surface area contributed by atoms with E-state index in [2.05, 4.69) is 39.5 Å². The predicted octanol–water partition coefficient (Wildman–Crippen LogP) is 1.09. The van der Waals surface area contributed by atoms with Crippen LogP contribution in [0.4, 0.5) is 0 Å². The van der Waals surface area contributed by atoms with Crippen molar-refractivity contribution in [2.45, 2.75) is 0 Å². The summed E-state index contributed by atoms with van der Waals surface area (Å²) in [5.41, 5.74) is 0. The Labute approximate surface area is 96.4 Å². The molecule has 3 nitrogen and oxygen atoms in total. The zero-order valence-corrected chi connectivity index (χ0v) is 9.75. The van der Waals surface area contributed by atoms with Gasteiger partial charge in [0, 0.05) is 29.6 Å². The maximum Gasteiger partial charge on any atom is 0.329 e. The summed E-state index contributed by atoms with van der Waals surface area (Å²) in [6, 6.07) is 0. The van der Waals surface area contributed by atoms with Crippen molar-refractivity contribution in [3.05, 3.63) is 39.5 Å². The van der Waals surface area contributed by atoms with Crippen molar-refractivity contribution in [3.8, 4) is 0 Å². The summed E-state index contributed by atoms with van der Waals surface area (Å²) in [4.78, 5) is 9.12. The van der Waals surface area contributed by atoms with E-state index in [4.69, 9.17) is 15.0 Å². The third-order valence-electron chi connectivity index (χ3n) is 0.135. The van der Waals surface area contributed by atoms with Gasteiger partial charge >= 0.3 is 5.97 Å². The van der Waals surface area contributed by atoms with Crippen LogP contribution in [0.15, 0.2) is 39.5 Å². The summed E-state index contributed by atoms with van der Waals surface area (Å²) < 4.78 is 0. The van der Waals surface area contributed by atoms with E-state index >= 15 is 0 Å². The second-order valence-electron chi connectivity index (χ2n) is 0.552. The van der Waals surface area contributed by atoms with Gasteiger partial charge in [0.2, 0.25) is 0 Å². The summed E-state index contributed by atoms with van der Waals surface area (Å²) in [7, 11) is 0. The minimum absolute atomic E-state index is 0. The normalized spacial score (nSPS) is 4.08. The van der Waals surface area contributed by atoms with Gasteiger partial charge in [0.25, 0.3) is 0 Å². The van der Waals surface area contributed by atoms with Crippen LogP contribution in [0, 0.1) is 0 Å². The zero-order valence-electron chi connectivity index (χ0n) is 7.75. The molecule has 12 heavy (non-hydrogen) atoms. The molecule has 0 rings (SSSR count). The van der Waals surface area contributed by atoms with Crippen molar-refractivity contribution in [2.24, 2.45) is 0 Å². The second-order valence-corrected chi connectivity index (χ2v) is 0.552. The van der Waals surface area contributed by atoms with Crippen LogP contribution in [0.2, 0.25) is 0 Å². The number of aliphatic carboxylic acids is 1. The van der Waals surface area contributed by atoms with Crippen LogP contribution in [-0.4, -0.2) is 52.3 Å². The monoisotopic (exact) mass is 183 g/mol. The first-order valence-corrected chi connectivity index (χ1v) is 2.60. The van der Waals surface area contributed by atoms with E-state index in [1.54, 1.807) is 0 Å². The molecule has 0 aliphatic carbocycles. The van der Waals surface area contributed by atoms with Gasteiger partial charge in [-0.1, -0.05) is 0 Å². The number of hydrogen-bond acceptors (Lipinski definition) is 2. The Bertz CT molecular complexity index is 71.9. The molecule has 0 spiro atoms. The van der Waals surface area contributed by atoms with E-state index in [1.165, 1.54) is 0 Å². The van der Waals surface area contributed by atoms with Crippen molar-refractivity contribution >= 4 is 35.5 Å². The first-order chi connectivity index (χ1) is 5.27. The average molecular weight is 183 g/mol. The summed E-state index contributed by atoms with van der Waals surface area (Å²) in [6.07, 6.45) is 0. The minimum atomic E-state index is -1.19. The molecule has 0 amide bonds. The molecule has 4 heteroatoms. The van der Waals surface area contributed by atoms with Crippen LogP contribution in [-0.2, 0) is 4.79 Å². The van der Waals surface area contributed by atoms with E-state index in [9.17, 15) is 0 Å². The first kappa shape index (κ1) is 29.9. The van der Waals surface area contributed by atoms with E-state index < -0.39 is 12.6 Å². The number of rotatable bonds is 1. The fourth-order valence-corrected chi connectivity index (χ4v) is 0. The zero-order chi connectivity index (χ0) is 10.3. The number of carboxylic acid groups (broad SMARTS) is 1. The molecule has 0 heterocycles. The Morgan fingerprint density at radius 1 is 1.00 bits per heavy atom. The van der Waals surface area contributed by atoms with Gasteiger partial charge in [0.15, 0.2) is 0 Å². The molecule has 0 aromatic heterocycles. The number of aliphatic hydroxyl groups is 1. The van der Waals surface area contributed by atoms with Crippen LogP contribution >= 0.6 is 0 Å². The van der Waals surface area contributed by atoms with Gasteiger partial charge in [-0.3, -0.25) is 0 Å². The Morgan fingerprint density at radius 2 is 1.08 bits per heavy atom. The summed E-state index contributed by atoms with van der Waals surface area (Å²) >= 11 is 0. The van der Waals surface area contributed by atoms with Crippen LogP contribution in [0.1, 0.15) is 0 Å². The van der Waals surface area contributed by atoms with Crippen LogP contribution in [0.3, 0.4) is 0 Å². The smallest absolute Gasteiger partial charge is 0.329 e. The fraction of sp³-hybridized carbons (Fsp3) is 0.125. The molecule has 67 valence electrons. The van der Waals surface area contributed by atoms with Crippen molar-refractivity contribution in [1.82, 2.24) is 0 Å². The molecule has 1 radical (unpaired) electrons. The standard InChI is InChI=1S/C2H4O3.3C2H4.Na/c3-1-2(4)5;3*1-2;/h3H,1H2,(H,4,5);3*1-2H2;.